The Balaban J connectivity index is 1.10. The van der Waals surface area contributed by atoms with Crippen LogP contribution in [0.2, 0.25) is 0 Å². The summed E-state index contributed by atoms with van der Waals surface area (Å²) >= 11 is 0. The SMILES string of the molecule is c1ccc(N2c3ccccc3C3(c4ccccc4-c4ccc(-c5cccc6c5oc5c(N(c7ccccc7)c7ccccc7)cccc56)cc43)c3ccccc32)cc1. The van der Waals surface area contributed by atoms with Crippen molar-refractivity contribution in [3.05, 3.63) is 241 Å². The van der Waals surface area contributed by atoms with E-state index in [0.717, 1.165) is 55.8 Å². The van der Waals surface area contributed by atoms with Crippen molar-refractivity contribution in [1.29, 1.82) is 0 Å². The molecule has 0 saturated heterocycles. The highest BCUT2D eigenvalue weighted by Gasteiger charge is 2.51. The second-order valence-electron chi connectivity index (χ2n) is 15.2. The van der Waals surface area contributed by atoms with Crippen molar-refractivity contribution >= 4 is 56.1 Å². The summed E-state index contributed by atoms with van der Waals surface area (Å²) in [5.41, 5.74) is 17.7. The largest absolute Gasteiger partial charge is 0.453 e. The Morgan fingerprint density at radius 2 is 0.897 bits per heavy atom. The van der Waals surface area contributed by atoms with Gasteiger partial charge in [0.15, 0.2) is 5.58 Å². The minimum absolute atomic E-state index is 0.540. The van der Waals surface area contributed by atoms with Gasteiger partial charge in [-0.1, -0.05) is 158 Å². The monoisotopic (exact) mass is 740 g/mol. The predicted molar refractivity (Wildman–Crippen MR) is 239 cm³/mol. The van der Waals surface area contributed by atoms with Crippen LogP contribution < -0.4 is 9.80 Å². The third-order valence-electron chi connectivity index (χ3n) is 12.2. The summed E-state index contributed by atoms with van der Waals surface area (Å²) in [5, 5.41) is 2.19. The average Bonchev–Trinajstić information content (AvgIpc) is 3.82. The third kappa shape index (κ3) is 4.56. The van der Waals surface area contributed by atoms with Crippen LogP contribution in [0.5, 0.6) is 0 Å². The Morgan fingerprint density at radius 1 is 0.379 bits per heavy atom. The molecule has 1 aliphatic carbocycles. The molecule has 3 nitrogen and oxygen atoms in total. The number of nitrogens with zero attached hydrogens (tertiary/aromatic N) is 2. The van der Waals surface area contributed by atoms with E-state index in [2.05, 4.69) is 228 Å². The molecule has 12 rings (SSSR count). The maximum absolute atomic E-state index is 7.14. The number of hydrogen-bond acceptors (Lipinski definition) is 3. The van der Waals surface area contributed by atoms with Crippen LogP contribution in [0.3, 0.4) is 0 Å². The van der Waals surface area contributed by atoms with Gasteiger partial charge in [-0.05, 0) is 99.6 Å². The van der Waals surface area contributed by atoms with Gasteiger partial charge in [0, 0.05) is 33.4 Å². The quantitative estimate of drug-likeness (QED) is 0.175. The maximum atomic E-state index is 7.14. The van der Waals surface area contributed by atoms with E-state index in [1.54, 1.807) is 0 Å². The van der Waals surface area contributed by atoms with Crippen LogP contribution in [0.25, 0.3) is 44.2 Å². The molecule has 0 amide bonds. The Kier molecular flexibility index (Phi) is 7.14. The Labute approximate surface area is 337 Å². The van der Waals surface area contributed by atoms with E-state index >= 15 is 0 Å². The van der Waals surface area contributed by atoms with Crippen molar-refractivity contribution in [2.75, 3.05) is 9.80 Å². The van der Waals surface area contributed by atoms with Gasteiger partial charge in [0.1, 0.15) is 5.58 Å². The Hall–Kier alpha value is -7.62. The summed E-state index contributed by atoms with van der Waals surface area (Å²) in [4.78, 5) is 4.72. The van der Waals surface area contributed by atoms with Crippen LogP contribution in [0.15, 0.2) is 223 Å². The van der Waals surface area contributed by atoms with Crippen LogP contribution in [-0.2, 0) is 5.41 Å². The van der Waals surface area contributed by atoms with Gasteiger partial charge in [-0.3, -0.25) is 0 Å². The first-order chi connectivity index (χ1) is 28.8. The number of para-hydroxylation sites is 7. The van der Waals surface area contributed by atoms with Crippen molar-refractivity contribution < 1.29 is 4.42 Å². The van der Waals surface area contributed by atoms with Gasteiger partial charge in [0.2, 0.25) is 0 Å². The molecular formula is C55H36N2O. The molecule has 0 N–H and O–H groups in total. The molecule has 10 aromatic rings. The van der Waals surface area contributed by atoms with Gasteiger partial charge in [0.25, 0.3) is 0 Å². The molecule has 2 heterocycles. The molecule has 9 aromatic carbocycles. The van der Waals surface area contributed by atoms with Gasteiger partial charge in [-0.25, -0.2) is 0 Å². The van der Waals surface area contributed by atoms with Gasteiger partial charge in [-0.15, -0.1) is 0 Å². The lowest BCUT2D eigenvalue weighted by Gasteiger charge is -2.45. The summed E-state index contributed by atoms with van der Waals surface area (Å²) in [6.45, 7) is 0. The molecule has 3 heteroatoms. The lowest BCUT2D eigenvalue weighted by atomic mass is 9.64. The van der Waals surface area contributed by atoms with Crippen LogP contribution in [-0.4, -0.2) is 0 Å². The fourth-order valence-corrected chi connectivity index (χ4v) is 9.92. The summed E-state index contributed by atoms with van der Waals surface area (Å²) in [7, 11) is 0. The maximum Gasteiger partial charge on any atom is 0.159 e. The second-order valence-corrected chi connectivity index (χ2v) is 15.2. The molecule has 0 unspecified atom stereocenters. The number of benzene rings is 9. The van der Waals surface area contributed by atoms with Gasteiger partial charge < -0.3 is 14.2 Å². The molecule has 1 aromatic heterocycles. The fourth-order valence-electron chi connectivity index (χ4n) is 9.92. The molecule has 0 radical (unpaired) electrons. The van der Waals surface area contributed by atoms with Crippen molar-refractivity contribution in [3.8, 4) is 22.3 Å². The highest BCUT2D eigenvalue weighted by Crippen LogP contribution is 2.63. The summed E-state index contributed by atoms with van der Waals surface area (Å²) in [5.74, 6) is 0. The minimum atomic E-state index is -0.540. The highest BCUT2D eigenvalue weighted by molar-refractivity contribution is 6.13. The third-order valence-corrected chi connectivity index (χ3v) is 12.2. The molecule has 0 bridgehead atoms. The Morgan fingerprint density at radius 3 is 1.57 bits per heavy atom. The van der Waals surface area contributed by atoms with E-state index in [9.17, 15) is 0 Å². The zero-order valence-corrected chi connectivity index (χ0v) is 31.6. The number of hydrogen-bond donors (Lipinski definition) is 0. The van der Waals surface area contributed by atoms with Crippen LogP contribution >= 0.6 is 0 Å². The smallest absolute Gasteiger partial charge is 0.159 e. The molecule has 272 valence electrons. The summed E-state index contributed by atoms with van der Waals surface area (Å²) < 4.78 is 7.14. The highest BCUT2D eigenvalue weighted by atomic mass is 16.3. The summed E-state index contributed by atoms with van der Waals surface area (Å²) in [6.07, 6.45) is 0. The number of furan rings is 1. The molecule has 58 heavy (non-hydrogen) atoms. The van der Waals surface area contributed by atoms with Crippen LogP contribution in [0.1, 0.15) is 22.3 Å². The lowest BCUT2D eigenvalue weighted by molar-refractivity contribution is 0.670. The molecule has 0 saturated carbocycles. The number of rotatable bonds is 5. The van der Waals surface area contributed by atoms with E-state index in [-0.39, 0.29) is 0 Å². The molecular weight excluding hydrogens is 705 g/mol. The zero-order valence-electron chi connectivity index (χ0n) is 31.6. The van der Waals surface area contributed by atoms with E-state index in [4.69, 9.17) is 4.42 Å². The number of anilines is 6. The lowest BCUT2D eigenvalue weighted by Crippen LogP contribution is -2.36. The minimum Gasteiger partial charge on any atom is -0.453 e. The topological polar surface area (TPSA) is 19.6 Å². The van der Waals surface area contributed by atoms with E-state index in [1.165, 1.54) is 44.8 Å². The second kappa shape index (κ2) is 12.7. The van der Waals surface area contributed by atoms with E-state index < -0.39 is 5.41 Å². The Bertz CT molecular complexity index is 3100. The molecule has 0 atom stereocenters. The fraction of sp³-hybridized carbons (Fsp3) is 0.0182. The first kappa shape index (κ1) is 32.6. The summed E-state index contributed by atoms with van der Waals surface area (Å²) in [6, 6.07) is 79.0. The first-order valence-electron chi connectivity index (χ1n) is 19.9. The van der Waals surface area contributed by atoms with E-state index in [1.807, 2.05) is 0 Å². The van der Waals surface area contributed by atoms with Gasteiger partial charge in [0.05, 0.1) is 22.5 Å². The zero-order chi connectivity index (χ0) is 38.2. The van der Waals surface area contributed by atoms with Gasteiger partial charge >= 0.3 is 0 Å². The van der Waals surface area contributed by atoms with Crippen molar-refractivity contribution in [3.63, 3.8) is 0 Å². The van der Waals surface area contributed by atoms with Crippen molar-refractivity contribution in [2.45, 2.75) is 5.41 Å². The van der Waals surface area contributed by atoms with Crippen molar-refractivity contribution in [2.24, 2.45) is 0 Å². The first-order valence-corrected chi connectivity index (χ1v) is 19.9. The predicted octanol–water partition coefficient (Wildman–Crippen LogP) is 14.9. The van der Waals surface area contributed by atoms with E-state index in [0.29, 0.717) is 0 Å². The number of fused-ring (bicyclic) bond motifs is 12. The van der Waals surface area contributed by atoms with Crippen LogP contribution in [0, 0.1) is 0 Å². The average molecular weight is 741 g/mol. The standard InChI is InChI=1S/C55H36N2O/c1-4-18-38(19-5-1)56(39-20-6-2-7-21-39)52-33-17-27-45-44-26-16-25-41(53(44)58-54(45)52)37-34-35-43-42-24-10-11-28-46(42)55(49(43)36-37)47-29-12-14-31-50(47)57(40-22-8-3-9-23-40)51-32-15-13-30-48(51)55/h1-36H. The molecule has 0 fully saturated rings. The molecule has 1 aliphatic heterocycles. The van der Waals surface area contributed by atoms with Gasteiger partial charge in [-0.2, -0.15) is 0 Å². The molecule has 2 aliphatic rings. The normalized spacial score (nSPS) is 13.3. The van der Waals surface area contributed by atoms with Crippen molar-refractivity contribution in [1.82, 2.24) is 0 Å². The molecule has 1 spiro atoms. The van der Waals surface area contributed by atoms with Crippen LogP contribution in [0.4, 0.5) is 34.1 Å².